The number of aryl methyl sites for hydroxylation is 1. The summed E-state index contributed by atoms with van der Waals surface area (Å²) in [6.45, 7) is 5.18. The van der Waals surface area contributed by atoms with Crippen LogP contribution in [0.25, 0.3) is 0 Å². The van der Waals surface area contributed by atoms with Crippen LogP contribution in [0.5, 0.6) is 0 Å². The minimum absolute atomic E-state index is 0.466. The van der Waals surface area contributed by atoms with Crippen LogP contribution in [0.1, 0.15) is 22.2 Å². The molecule has 0 aliphatic rings. The fraction of sp³-hybridized carbons (Fsp3) is 0.385. The third-order valence-corrected chi connectivity index (χ3v) is 3.60. The Balaban J connectivity index is 1.80. The molecule has 2 aromatic rings. The van der Waals surface area contributed by atoms with Gasteiger partial charge in [0.15, 0.2) is 0 Å². The van der Waals surface area contributed by atoms with Crippen molar-refractivity contribution in [2.24, 2.45) is 0 Å². The van der Waals surface area contributed by atoms with E-state index in [-0.39, 0.29) is 0 Å². The minimum Gasteiger partial charge on any atom is -0.310 e. The van der Waals surface area contributed by atoms with E-state index in [1.165, 1.54) is 9.75 Å². The van der Waals surface area contributed by atoms with E-state index in [1.807, 2.05) is 23.7 Å². The standard InChI is InChI=1S/C13H17N3S/c1-10(5-13-4-3-11(2)17-13)16-8-12-6-14-9-15-7-12/h3-4,6-7,9-10,16H,5,8H2,1-2H3. The molecule has 2 rings (SSSR count). The molecule has 4 heteroatoms. The molecule has 0 bridgehead atoms. The average Bonchev–Trinajstić information content (AvgIpc) is 2.73. The summed E-state index contributed by atoms with van der Waals surface area (Å²) in [6, 6.07) is 4.86. The number of hydrogen-bond donors (Lipinski definition) is 1. The Morgan fingerprint density at radius 3 is 2.71 bits per heavy atom. The quantitative estimate of drug-likeness (QED) is 0.882. The summed E-state index contributed by atoms with van der Waals surface area (Å²) in [5.41, 5.74) is 1.13. The largest absolute Gasteiger partial charge is 0.310 e. The molecule has 3 nitrogen and oxygen atoms in total. The molecule has 0 spiro atoms. The van der Waals surface area contributed by atoms with E-state index in [0.717, 1.165) is 18.5 Å². The maximum absolute atomic E-state index is 4.00. The molecular formula is C13H17N3S. The first-order valence-corrected chi connectivity index (χ1v) is 6.58. The zero-order chi connectivity index (χ0) is 12.1. The average molecular weight is 247 g/mol. The van der Waals surface area contributed by atoms with Gasteiger partial charge in [0, 0.05) is 40.3 Å². The normalized spacial score (nSPS) is 12.6. The van der Waals surface area contributed by atoms with Gasteiger partial charge in [-0.2, -0.15) is 0 Å². The lowest BCUT2D eigenvalue weighted by molar-refractivity contribution is 0.547. The molecule has 0 aromatic carbocycles. The molecule has 0 amide bonds. The van der Waals surface area contributed by atoms with E-state index >= 15 is 0 Å². The highest BCUT2D eigenvalue weighted by Gasteiger charge is 2.05. The molecule has 0 saturated carbocycles. The topological polar surface area (TPSA) is 37.8 Å². The van der Waals surface area contributed by atoms with Gasteiger partial charge in [0.2, 0.25) is 0 Å². The van der Waals surface area contributed by atoms with Crippen LogP contribution < -0.4 is 5.32 Å². The molecule has 1 N–H and O–H groups in total. The third kappa shape index (κ3) is 3.91. The van der Waals surface area contributed by atoms with Crippen LogP contribution in [0, 0.1) is 6.92 Å². The lowest BCUT2D eigenvalue weighted by Gasteiger charge is -2.12. The van der Waals surface area contributed by atoms with Gasteiger partial charge in [-0.1, -0.05) is 0 Å². The van der Waals surface area contributed by atoms with Gasteiger partial charge in [-0.05, 0) is 32.4 Å². The number of nitrogens with one attached hydrogen (secondary N) is 1. The highest BCUT2D eigenvalue weighted by atomic mass is 32.1. The summed E-state index contributed by atoms with van der Waals surface area (Å²) in [5, 5.41) is 3.48. The van der Waals surface area contributed by atoms with E-state index in [1.54, 1.807) is 6.33 Å². The van der Waals surface area contributed by atoms with Gasteiger partial charge < -0.3 is 5.32 Å². The van der Waals surface area contributed by atoms with Crippen molar-refractivity contribution in [3.05, 3.63) is 46.2 Å². The lowest BCUT2D eigenvalue weighted by atomic mass is 10.2. The molecule has 90 valence electrons. The van der Waals surface area contributed by atoms with E-state index in [0.29, 0.717) is 6.04 Å². The van der Waals surface area contributed by atoms with Crippen molar-refractivity contribution < 1.29 is 0 Å². The predicted molar refractivity (Wildman–Crippen MR) is 71.1 cm³/mol. The molecule has 0 aliphatic heterocycles. The molecule has 2 heterocycles. The van der Waals surface area contributed by atoms with E-state index in [9.17, 15) is 0 Å². The summed E-state index contributed by atoms with van der Waals surface area (Å²) >= 11 is 1.87. The second kappa shape index (κ2) is 5.89. The number of rotatable bonds is 5. The smallest absolute Gasteiger partial charge is 0.115 e. The Kier molecular flexibility index (Phi) is 4.23. The number of thiophene rings is 1. The molecule has 0 fully saturated rings. The van der Waals surface area contributed by atoms with Crippen molar-refractivity contribution in [3.8, 4) is 0 Å². The van der Waals surface area contributed by atoms with E-state index in [2.05, 4.69) is 41.3 Å². The Hall–Kier alpha value is -1.26. The maximum Gasteiger partial charge on any atom is 0.115 e. The van der Waals surface area contributed by atoms with Gasteiger partial charge in [0.25, 0.3) is 0 Å². The van der Waals surface area contributed by atoms with Crippen molar-refractivity contribution in [2.45, 2.75) is 32.9 Å². The van der Waals surface area contributed by atoms with E-state index < -0.39 is 0 Å². The van der Waals surface area contributed by atoms with Gasteiger partial charge in [0.05, 0.1) is 0 Å². The van der Waals surface area contributed by atoms with Crippen LogP contribution in [0.3, 0.4) is 0 Å². The summed E-state index contributed by atoms with van der Waals surface area (Å²) in [7, 11) is 0. The SMILES string of the molecule is Cc1ccc(CC(C)NCc2cncnc2)s1. The maximum atomic E-state index is 4.00. The van der Waals surface area contributed by atoms with Crippen molar-refractivity contribution in [1.29, 1.82) is 0 Å². The van der Waals surface area contributed by atoms with Gasteiger partial charge in [-0.15, -0.1) is 11.3 Å². The highest BCUT2D eigenvalue weighted by molar-refractivity contribution is 7.11. The van der Waals surface area contributed by atoms with E-state index in [4.69, 9.17) is 0 Å². The molecule has 0 radical (unpaired) electrons. The number of hydrogen-bond acceptors (Lipinski definition) is 4. The second-order valence-corrected chi connectivity index (χ2v) is 5.62. The van der Waals surface area contributed by atoms with Crippen molar-refractivity contribution in [3.63, 3.8) is 0 Å². The van der Waals surface area contributed by atoms with Crippen molar-refractivity contribution in [2.75, 3.05) is 0 Å². The first kappa shape index (κ1) is 12.2. The number of nitrogens with zero attached hydrogens (tertiary/aromatic N) is 2. The second-order valence-electron chi connectivity index (χ2n) is 4.25. The summed E-state index contributed by atoms with van der Waals surface area (Å²) < 4.78 is 0. The lowest BCUT2D eigenvalue weighted by Crippen LogP contribution is -2.27. The zero-order valence-corrected chi connectivity index (χ0v) is 11.0. The van der Waals surface area contributed by atoms with Gasteiger partial charge in [0.1, 0.15) is 6.33 Å². The van der Waals surface area contributed by atoms with Crippen LogP contribution >= 0.6 is 11.3 Å². The molecular weight excluding hydrogens is 230 g/mol. The van der Waals surface area contributed by atoms with Crippen LogP contribution in [0.4, 0.5) is 0 Å². The Morgan fingerprint density at radius 2 is 2.06 bits per heavy atom. The highest BCUT2D eigenvalue weighted by Crippen LogP contribution is 2.16. The molecule has 2 aromatic heterocycles. The minimum atomic E-state index is 0.466. The van der Waals surface area contributed by atoms with Crippen LogP contribution in [0.15, 0.2) is 30.9 Å². The fourth-order valence-corrected chi connectivity index (χ4v) is 2.70. The summed E-state index contributed by atoms with van der Waals surface area (Å²) in [5.74, 6) is 0. The first-order chi connectivity index (χ1) is 8.24. The fourth-order valence-electron chi connectivity index (χ4n) is 1.68. The van der Waals surface area contributed by atoms with Crippen LogP contribution in [-0.2, 0) is 13.0 Å². The number of aromatic nitrogens is 2. The van der Waals surface area contributed by atoms with Crippen molar-refractivity contribution >= 4 is 11.3 Å². The predicted octanol–water partition coefficient (Wildman–Crippen LogP) is 2.57. The van der Waals surface area contributed by atoms with Crippen molar-refractivity contribution in [1.82, 2.24) is 15.3 Å². The molecule has 0 aliphatic carbocycles. The third-order valence-electron chi connectivity index (χ3n) is 2.57. The molecule has 1 atom stereocenters. The Bertz CT molecular complexity index is 453. The van der Waals surface area contributed by atoms with Gasteiger partial charge in [-0.3, -0.25) is 0 Å². The molecule has 0 saturated heterocycles. The Morgan fingerprint density at radius 1 is 1.29 bits per heavy atom. The summed E-state index contributed by atoms with van der Waals surface area (Å²) in [4.78, 5) is 10.8. The van der Waals surface area contributed by atoms with Gasteiger partial charge in [-0.25, -0.2) is 9.97 Å². The summed E-state index contributed by atoms with van der Waals surface area (Å²) in [6.07, 6.45) is 6.33. The van der Waals surface area contributed by atoms with Gasteiger partial charge >= 0.3 is 0 Å². The Labute approximate surface area is 106 Å². The molecule has 1 unspecified atom stereocenters. The first-order valence-electron chi connectivity index (χ1n) is 5.76. The van der Waals surface area contributed by atoms with Crippen LogP contribution in [-0.4, -0.2) is 16.0 Å². The molecule has 17 heavy (non-hydrogen) atoms. The zero-order valence-electron chi connectivity index (χ0n) is 10.2. The monoisotopic (exact) mass is 247 g/mol. The van der Waals surface area contributed by atoms with Crippen LogP contribution in [0.2, 0.25) is 0 Å².